The maximum Gasteiger partial charge on any atom is 0.325 e. The largest absolute Gasteiger partial charge is 0.497 e. The van der Waals surface area contributed by atoms with Crippen molar-refractivity contribution in [2.24, 2.45) is 0 Å². The van der Waals surface area contributed by atoms with Crippen LogP contribution < -0.4 is 9.46 Å². The van der Waals surface area contributed by atoms with E-state index in [1.54, 1.807) is 0 Å². The lowest BCUT2D eigenvalue weighted by Crippen LogP contribution is -2.43. The fourth-order valence-corrected chi connectivity index (χ4v) is 2.78. The van der Waals surface area contributed by atoms with Crippen LogP contribution in [-0.4, -0.2) is 45.2 Å². The van der Waals surface area contributed by atoms with Gasteiger partial charge in [0, 0.05) is 0 Å². The molecule has 0 aliphatic rings. The Bertz CT molecular complexity index is 667. The Hall–Kier alpha value is -2.39. The minimum atomic E-state index is -4.10. The second-order valence-corrected chi connectivity index (χ2v) is 6.08. The van der Waals surface area contributed by atoms with Gasteiger partial charge in [0.2, 0.25) is 10.0 Å². The van der Waals surface area contributed by atoms with Crippen molar-refractivity contribution >= 4 is 22.0 Å². The molecule has 0 aromatic heterocycles. The number of carboxylic acids is 1. The van der Waals surface area contributed by atoms with E-state index in [1.165, 1.54) is 37.5 Å². The SMILES string of the molecule is C=CCOC(=O)[C@@H](CC(=O)O)NS(=O)(=O)c1ccc(OC)cc1. The van der Waals surface area contributed by atoms with Crippen molar-refractivity contribution in [2.45, 2.75) is 17.4 Å². The van der Waals surface area contributed by atoms with Gasteiger partial charge in [-0.05, 0) is 24.3 Å². The lowest BCUT2D eigenvalue weighted by Gasteiger charge is -2.16. The number of nitrogens with one attached hydrogen (secondary N) is 1. The first-order chi connectivity index (χ1) is 10.8. The molecule has 0 heterocycles. The van der Waals surface area contributed by atoms with Crippen molar-refractivity contribution in [3.8, 4) is 5.75 Å². The third-order valence-corrected chi connectivity index (χ3v) is 4.16. The summed E-state index contributed by atoms with van der Waals surface area (Å²) in [6, 6.07) is 3.86. The van der Waals surface area contributed by atoms with Crippen molar-refractivity contribution in [3.05, 3.63) is 36.9 Å². The van der Waals surface area contributed by atoms with Crippen molar-refractivity contribution in [1.82, 2.24) is 4.72 Å². The van der Waals surface area contributed by atoms with Crippen LogP contribution in [0.3, 0.4) is 0 Å². The highest BCUT2D eigenvalue weighted by Crippen LogP contribution is 2.16. The van der Waals surface area contributed by atoms with Crippen molar-refractivity contribution < 1.29 is 32.6 Å². The topological polar surface area (TPSA) is 119 Å². The molecule has 9 heteroatoms. The Morgan fingerprint density at radius 3 is 2.43 bits per heavy atom. The van der Waals surface area contributed by atoms with Gasteiger partial charge in [0.05, 0.1) is 18.4 Å². The fourth-order valence-electron chi connectivity index (χ4n) is 1.60. The van der Waals surface area contributed by atoms with Crippen LogP contribution in [0.2, 0.25) is 0 Å². The van der Waals surface area contributed by atoms with E-state index in [0.29, 0.717) is 5.75 Å². The molecular formula is C14H17NO7S. The Balaban J connectivity index is 2.96. The molecular weight excluding hydrogens is 326 g/mol. The summed E-state index contributed by atoms with van der Waals surface area (Å²) in [4.78, 5) is 22.4. The van der Waals surface area contributed by atoms with Gasteiger partial charge in [-0.25, -0.2) is 8.42 Å². The average Bonchev–Trinajstić information content (AvgIpc) is 2.51. The van der Waals surface area contributed by atoms with E-state index in [4.69, 9.17) is 14.6 Å². The van der Waals surface area contributed by atoms with Gasteiger partial charge in [-0.1, -0.05) is 12.7 Å². The maximum atomic E-state index is 12.2. The third kappa shape index (κ3) is 5.72. The predicted molar refractivity (Wildman–Crippen MR) is 80.5 cm³/mol. The first kappa shape index (κ1) is 18.7. The summed E-state index contributed by atoms with van der Waals surface area (Å²) in [5, 5.41) is 8.81. The molecule has 0 radical (unpaired) electrons. The molecule has 126 valence electrons. The van der Waals surface area contributed by atoms with E-state index < -0.39 is 34.4 Å². The second kappa shape index (κ2) is 8.30. The van der Waals surface area contributed by atoms with Crippen LogP contribution in [0.5, 0.6) is 5.75 Å². The summed E-state index contributed by atoms with van der Waals surface area (Å²) in [5.41, 5.74) is 0. The van der Waals surface area contributed by atoms with Crippen molar-refractivity contribution in [1.29, 1.82) is 0 Å². The Labute approximate surface area is 133 Å². The molecule has 1 aromatic carbocycles. The van der Waals surface area contributed by atoms with E-state index in [9.17, 15) is 18.0 Å². The number of methoxy groups -OCH3 is 1. The molecule has 0 aliphatic heterocycles. The summed E-state index contributed by atoms with van der Waals surface area (Å²) in [5.74, 6) is -1.89. The molecule has 0 unspecified atom stereocenters. The van der Waals surface area contributed by atoms with Crippen LogP contribution in [-0.2, 0) is 24.3 Å². The van der Waals surface area contributed by atoms with E-state index in [-0.39, 0.29) is 11.5 Å². The maximum absolute atomic E-state index is 12.2. The molecule has 0 saturated carbocycles. The number of benzene rings is 1. The number of ether oxygens (including phenoxy) is 2. The zero-order valence-electron chi connectivity index (χ0n) is 12.4. The number of carbonyl (C=O) groups excluding carboxylic acids is 1. The highest BCUT2D eigenvalue weighted by Gasteiger charge is 2.29. The van der Waals surface area contributed by atoms with E-state index in [2.05, 4.69) is 6.58 Å². The van der Waals surface area contributed by atoms with E-state index >= 15 is 0 Å². The van der Waals surface area contributed by atoms with Crippen LogP contribution in [0, 0.1) is 0 Å². The van der Waals surface area contributed by atoms with Gasteiger partial charge in [0.25, 0.3) is 0 Å². The van der Waals surface area contributed by atoms with Gasteiger partial charge in [-0.15, -0.1) is 0 Å². The summed E-state index contributed by atoms with van der Waals surface area (Å²) in [7, 11) is -2.66. The van der Waals surface area contributed by atoms with Crippen molar-refractivity contribution in [3.63, 3.8) is 0 Å². The molecule has 0 aliphatic carbocycles. The van der Waals surface area contributed by atoms with Gasteiger partial charge in [0.1, 0.15) is 18.4 Å². The molecule has 1 aromatic rings. The minimum Gasteiger partial charge on any atom is -0.497 e. The molecule has 23 heavy (non-hydrogen) atoms. The van der Waals surface area contributed by atoms with Crippen LogP contribution in [0.15, 0.2) is 41.8 Å². The molecule has 0 saturated heterocycles. The number of aliphatic carboxylic acids is 1. The molecule has 0 amide bonds. The van der Waals surface area contributed by atoms with Gasteiger partial charge in [-0.2, -0.15) is 4.72 Å². The molecule has 0 fully saturated rings. The average molecular weight is 343 g/mol. The summed E-state index contributed by atoms with van der Waals surface area (Å²) in [6.45, 7) is 3.19. The number of carbonyl (C=O) groups is 2. The Morgan fingerprint density at radius 1 is 1.35 bits per heavy atom. The molecule has 1 atom stereocenters. The predicted octanol–water partition coefficient (Wildman–Crippen LogP) is 0.546. The monoisotopic (exact) mass is 343 g/mol. The zero-order chi connectivity index (χ0) is 17.5. The summed E-state index contributed by atoms with van der Waals surface area (Å²) in [6.07, 6.45) is 0.541. The molecule has 0 bridgehead atoms. The van der Waals surface area contributed by atoms with Crippen molar-refractivity contribution in [2.75, 3.05) is 13.7 Å². The summed E-state index contributed by atoms with van der Waals surface area (Å²) < 4.78 is 36.1. The fraction of sp³-hybridized carbons (Fsp3) is 0.286. The van der Waals surface area contributed by atoms with E-state index in [0.717, 1.165) is 0 Å². The number of hydrogen-bond donors (Lipinski definition) is 2. The smallest absolute Gasteiger partial charge is 0.325 e. The van der Waals surface area contributed by atoms with Gasteiger partial charge in [0.15, 0.2) is 0 Å². The van der Waals surface area contributed by atoms with E-state index in [1.807, 2.05) is 4.72 Å². The third-order valence-electron chi connectivity index (χ3n) is 2.67. The second-order valence-electron chi connectivity index (χ2n) is 4.37. The lowest BCUT2D eigenvalue weighted by atomic mass is 10.2. The molecule has 2 N–H and O–H groups in total. The zero-order valence-corrected chi connectivity index (χ0v) is 13.2. The number of esters is 1. The lowest BCUT2D eigenvalue weighted by molar-refractivity contribution is -0.148. The van der Waals surface area contributed by atoms with Gasteiger partial charge in [-0.3, -0.25) is 9.59 Å². The summed E-state index contributed by atoms with van der Waals surface area (Å²) >= 11 is 0. The first-order valence-electron chi connectivity index (χ1n) is 6.46. The Morgan fingerprint density at radius 2 is 1.96 bits per heavy atom. The van der Waals surface area contributed by atoms with Crippen LogP contribution >= 0.6 is 0 Å². The highest BCUT2D eigenvalue weighted by atomic mass is 32.2. The number of sulfonamides is 1. The van der Waals surface area contributed by atoms with Gasteiger partial charge < -0.3 is 14.6 Å². The quantitative estimate of drug-likeness (QED) is 0.496. The molecule has 1 rings (SSSR count). The standard InChI is InChI=1S/C14H17NO7S/c1-3-8-22-14(18)12(9-13(16)17)15-23(19,20)11-6-4-10(21-2)5-7-11/h3-7,12,15H,1,8-9H2,2H3,(H,16,17)/t12-/m1/s1. The van der Waals surface area contributed by atoms with Crippen LogP contribution in [0.25, 0.3) is 0 Å². The molecule has 8 nitrogen and oxygen atoms in total. The first-order valence-corrected chi connectivity index (χ1v) is 7.94. The number of hydrogen-bond acceptors (Lipinski definition) is 6. The normalized spacial score (nSPS) is 12.2. The highest BCUT2D eigenvalue weighted by molar-refractivity contribution is 7.89. The number of rotatable bonds is 9. The van der Waals surface area contributed by atoms with Crippen LogP contribution in [0.1, 0.15) is 6.42 Å². The van der Waals surface area contributed by atoms with Gasteiger partial charge >= 0.3 is 11.9 Å². The minimum absolute atomic E-state index is 0.134. The molecule has 0 spiro atoms. The number of carboxylic acid groups (broad SMARTS) is 1. The Kier molecular flexibility index (Phi) is 6.73. The van der Waals surface area contributed by atoms with Crippen LogP contribution in [0.4, 0.5) is 0 Å².